The molecule has 98 valence electrons. The Morgan fingerprint density at radius 2 is 2.11 bits per heavy atom. The summed E-state index contributed by atoms with van der Waals surface area (Å²) in [5, 5.41) is 12.6. The van der Waals surface area contributed by atoms with Gasteiger partial charge < -0.3 is 15.2 Å². The van der Waals surface area contributed by atoms with Crippen molar-refractivity contribution in [1.29, 1.82) is 0 Å². The molecule has 1 aromatic rings. The topological polar surface area (TPSA) is 58.6 Å². The summed E-state index contributed by atoms with van der Waals surface area (Å²) in [5.41, 5.74) is 0.259. The quantitative estimate of drug-likeness (QED) is 0.855. The van der Waals surface area contributed by atoms with E-state index in [-0.39, 0.29) is 23.5 Å². The lowest BCUT2D eigenvalue weighted by Gasteiger charge is -2.49. The molecule has 0 aromatic heterocycles. The summed E-state index contributed by atoms with van der Waals surface area (Å²) in [5.74, 6) is 0.408. The number of hydrogen-bond donors (Lipinski definition) is 2. The first kappa shape index (κ1) is 12.9. The highest BCUT2D eigenvalue weighted by Crippen LogP contribution is 2.40. The van der Waals surface area contributed by atoms with Crippen molar-refractivity contribution in [2.45, 2.75) is 32.4 Å². The molecular formula is C14H19NO3. The first-order valence-corrected chi connectivity index (χ1v) is 6.08. The van der Waals surface area contributed by atoms with E-state index >= 15 is 0 Å². The Hall–Kier alpha value is -1.55. The fourth-order valence-electron chi connectivity index (χ4n) is 2.22. The number of carbonyl (C=O) groups is 1. The van der Waals surface area contributed by atoms with Crippen LogP contribution in [0.2, 0.25) is 0 Å². The summed E-state index contributed by atoms with van der Waals surface area (Å²) in [6.45, 7) is 3.91. The zero-order valence-electron chi connectivity index (χ0n) is 10.9. The van der Waals surface area contributed by atoms with Crippen molar-refractivity contribution in [3.05, 3.63) is 29.8 Å². The third-order valence-corrected chi connectivity index (χ3v) is 3.87. The maximum Gasteiger partial charge on any atom is 0.255 e. The third kappa shape index (κ3) is 2.08. The van der Waals surface area contributed by atoms with E-state index in [4.69, 9.17) is 4.74 Å². The molecule has 4 heteroatoms. The molecule has 2 atom stereocenters. The van der Waals surface area contributed by atoms with Gasteiger partial charge in [0.15, 0.2) is 0 Å². The van der Waals surface area contributed by atoms with Crippen molar-refractivity contribution in [2.24, 2.45) is 5.41 Å². The van der Waals surface area contributed by atoms with Crippen molar-refractivity contribution in [1.82, 2.24) is 5.32 Å². The Labute approximate surface area is 107 Å². The molecule has 1 aliphatic carbocycles. The Bertz CT molecular complexity index is 456. The highest BCUT2D eigenvalue weighted by atomic mass is 16.5. The van der Waals surface area contributed by atoms with Gasteiger partial charge in [-0.15, -0.1) is 0 Å². The number of rotatable bonds is 3. The highest BCUT2D eigenvalue weighted by molar-refractivity contribution is 5.97. The largest absolute Gasteiger partial charge is 0.496 e. The zero-order valence-corrected chi connectivity index (χ0v) is 10.9. The van der Waals surface area contributed by atoms with Crippen molar-refractivity contribution in [2.75, 3.05) is 7.11 Å². The normalized spacial score (nSPS) is 25.1. The summed E-state index contributed by atoms with van der Waals surface area (Å²) < 4.78 is 5.16. The number of carbonyl (C=O) groups excluding carboxylic acids is 1. The molecule has 1 aromatic carbocycles. The standard InChI is InChI=1S/C14H19NO3/c1-14(2)11(8-12(14)16)15-13(17)9-6-4-5-7-10(9)18-3/h4-7,11-12,16H,8H2,1-3H3,(H,15,17). The number of nitrogens with one attached hydrogen (secondary N) is 1. The van der Waals surface area contributed by atoms with Gasteiger partial charge in [-0.05, 0) is 18.6 Å². The highest BCUT2D eigenvalue weighted by Gasteiger charge is 2.48. The van der Waals surface area contributed by atoms with Gasteiger partial charge in [-0.2, -0.15) is 0 Å². The van der Waals surface area contributed by atoms with Gasteiger partial charge in [-0.1, -0.05) is 26.0 Å². The first-order chi connectivity index (χ1) is 8.46. The van der Waals surface area contributed by atoms with Crippen LogP contribution in [-0.2, 0) is 0 Å². The van der Waals surface area contributed by atoms with Gasteiger partial charge in [-0.3, -0.25) is 4.79 Å². The van der Waals surface area contributed by atoms with Gasteiger partial charge in [0, 0.05) is 11.5 Å². The van der Waals surface area contributed by atoms with Crippen LogP contribution in [-0.4, -0.2) is 30.3 Å². The van der Waals surface area contributed by atoms with Gasteiger partial charge in [0.2, 0.25) is 0 Å². The maximum atomic E-state index is 12.1. The van der Waals surface area contributed by atoms with Crippen LogP contribution in [0.5, 0.6) is 5.75 Å². The van der Waals surface area contributed by atoms with E-state index in [9.17, 15) is 9.90 Å². The summed E-state index contributed by atoms with van der Waals surface area (Å²) in [4.78, 5) is 12.1. The van der Waals surface area contributed by atoms with Crippen molar-refractivity contribution in [3.63, 3.8) is 0 Å². The van der Waals surface area contributed by atoms with Crippen LogP contribution < -0.4 is 10.1 Å². The number of methoxy groups -OCH3 is 1. The second-order valence-corrected chi connectivity index (χ2v) is 5.30. The van der Waals surface area contributed by atoms with E-state index in [1.807, 2.05) is 19.9 Å². The molecule has 4 nitrogen and oxygen atoms in total. The Balaban J connectivity index is 2.09. The molecule has 1 aliphatic rings. The van der Waals surface area contributed by atoms with Crippen LogP contribution >= 0.6 is 0 Å². The minimum atomic E-state index is -0.347. The molecule has 0 aliphatic heterocycles. The maximum absolute atomic E-state index is 12.1. The molecule has 18 heavy (non-hydrogen) atoms. The fraction of sp³-hybridized carbons (Fsp3) is 0.500. The van der Waals surface area contributed by atoms with Crippen LogP contribution in [0.25, 0.3) is 0 Å². The third-order valence-electron chi connectivity index (χ3n) is 3.87. The predicted molar refractivity (Wildman–Crippen MR) is 68.7 cm³/mol. The van der Waals surface area contributed by atoms with E-state index in [1.165, 1.54) is 0 Å². The van der Waals surface area contributed by atoms with Crippen molar-refractivity contribution < 1.29 is 14.6 Å². The summed E-state index contributed by atoms with van der Waals surface area (Å²) in [6.07, 6.45) is 0.258. The zero-order chi connectivity index (χ0) is 13.3. The lowest BCUT2D eigenvalue weighted by Crippen LogP contribution is -2.61. The minimum Gasteiger partial charge on any atom is -0.496 e. The number of aliphatic hydroxyl groups excluding tert-OH is 1. The number of para-hydroxylation sites is 1. The first-order valence-electron chi connectivity index (χ1n) is 6.08. The molecule has 2 rings (SSSR count). The molecule has 0 bridgehead atoms. The van der Waals surface area contributed by atoms with Crippen LogP contribution in [0.3, 0.4) is 0 Å². The average molecular weight is 249 g/mol. The number of ether oxygens (including phenoxy) is 1. The summed E-state index contributed by atoms with van der Waals surface area (Å²) in [7, 11) is 1.54. The van der Waals surface area contributed by atoms with Crippen molar-refractivity contribution in [3.8, 4) is 5.75 Å². The van der Waals surface area contributed by atoms with E-state index in [1.54, 1.807) is 25.3 Å². The van der Waals surface area contributed by atoms with Crippen LogP contribution in [0.1, 0.15) is 30.6 Å². The van der Waals surface area contributed by atoms with Gasteiger partial charge in [0.1, 0.15) is 5.75 Å². The van der Waals surface area contributed by atoms with Crippen LogP contribution in [0.15, 0.2) is 24.3 Å². The monoisotopic (exact) mass is 249 g/mol. The minimum absolute atomic E-state index is 0.00455. The molecule has 1 fully saturated rings. The lowest BCUT2D eigenvalue weighted by atomic mass is 9.64. The second-order valence-electron chi connectivity index (χ2n) is 5.30. The molecular weight excluding hydrogens is 230 g/mol. The number of amides is 1. The van der Waals surface area contributed by atoms with Gasteiger partial charge in [0.05, 0.1) is 18.8 Å². The van der Waals surface area contributed by atoms with E-state index in [0.29, 0.717) is 17.7 Å². The average Bonchev–Trinajstić information content (AvgIpc) is 2.38. The molecule has 2 unspecified atom stereocenters. The number of benzene rings is 1. The van der Waals surface area contributed by atoms with E-state index in [0.717, 1.165) is 0 Å². The van der Waals surface area contributed by atoms with Crippen LogP contribution in [0, 0.1) is 5.41 Å². The molecule has 2 N–H and O–H groups in total. The molecule has 0 radical (unpaired) electrons. The summed E-state index contributed by atoms with van der Waals surface area (Å²) >= 11 is 0. The predicted octanol–water partition coefficient (Wildman–Crippen LogP) is 1.58. The Morgan fingerprint density at radius 1 is 1.44 bits per heavy atom. The number of aliphatic hydroxyl groups is 1. The molecule has 0 heterocycles. The second kappa shape index (κ2) is 4.61. The fourth-order valence-corrected chi connectivity index (χ4v) is 2.22. The van der Waals surface area contributed by atoms with Gasteiger partial charge in [0.25, 0.3) is 5.91 Å². The van der Waals surface area contributed by atoms with Gasteiger partial charge in [-0.25, -0.2) is 0 Å². The molecule has 1 saturated carbocycles. The van der Waals surface area contributed by atoms with E-state index < -0.39 is 0 Å². The Kier molecular flexibility index (Phi) is 3.30. The van der Waals surface area contributed by atoms with Crippen molar-refractivity contribution >= 4 is 5.91 Å². The SMILES string of the molecule is COc1ccccc1C(=O)NC1CC(O)C1(C)C. The molecule has 1 amide bonds. The molecule has 0 spiro atoms. The van der Waals surface area contributed by atoms with Gasteiger partial charge >= 0.3 is 0 Å². The summed E-state index contributed by atoms with van der Waals surface area (Å²) in [6, 6.07) is 7.13. The smallest absolute Gasteiger partial charge is 0.255 e. The van der Waals surface area contributed by atoms with Crippen LogP contribution in [0.4, 0.5) is 0 Å². The number of hydrogen-bond acceptors (Lipinski definition) is 3. The lowest BCUT2D eigenvalue weighted by molar-refractivity contribution is -0.0689. The molecule has 0 saturated heterocycles. The Morgan fingerprint density at radius 3 is 2.67 bits per heavy atom. The van der Waals surface area contributed by atoms with E-state index in [2.05, 4.69) is 5.32 Å².